The summed E-state index contributed by atoms with van der Waals surface area (Å²) in [5, 5.41) is 3.22. The molecule has 0 amide bonds. The first-order valence-corrected chi connectivity index (χ1v) is 8.87. The topological polar surface area (TPSA) is 93.2 Å². The Hall–Kier alpha value is -1.13. The predicted octanol–water partition coefficient (Wildman–Crippen LogP) is 0.206. The first kappa shape index (κ1) is 14.8. The smallest absolute Gasteiger partial charge is 0.242 e. The minimum atomic E-state index is -3.60. The average Bonchev–Trinajstić information content (AvgIpc) is 2.80. The summed E-state index contributed by atoms with van der Waals surface area (Å²) >= 11 is 1.01. The van der Waals surface area contributed by atoms with Crippen LogP contribution in [0.25, 0.3) is 11.0 Å². The molecule has 0 bridgehead atoms. The van der Waals surface area contributed by atoms with Crippen LogP contribution in [0.4, 0.5) is 0 Å². The van der Waals surface area contributed by atoms with Gasteiger partial charge in [0.25, 0.3) is 0 Å². The number of hydrogen-bond donors (Lipinski definition) is 2. The van der Waals surface area contributed by atoms with Crippen molar-refractivity contribution in [3.05, 3.63) is 18.2 Å². The summed E-state index contributed by atoms with van der Waals surface area (Å²) in [6, 6.07) is 4.98. The number of fused-ring (bicyclic) bond motifs is 1. The van der Waals surface area contributed by atoms with E-state index < -0.39 is 10.0 Å². The molecule has 9 heteroatoms. The summed E-state index contributed by atoms with van der Waals surface area (Å²) in [6.07, 6.45) is 0. The van der Waals surface area contributed by atoms with Crippen molar-refractivity contribution >= 4 is 32.8 Å². The van der Waals surface area contributed by atoms with E-state index in [1.165, 1.54) is 0 Å². The fraction of sp³-hybridized carbons (Fsp3) is 0.500. The Labute approximate surface area is 127 Å². The van der Waals surface area contributed by atoms with E-state index in [4.69, 9.17) is 4.74 Å². The quantitative estimate of drug-likeness (QED) is 0.833. The van der Waals surface area contributed by atoms with Crippen LogP contribution >= 0.6 is 11.7 Å². The second-order valence-corrected chi connectivity index (χ2v) is 7.15. The van der Waals surface area contributed by atoms with Crippen LogP contribution in [0.15, 0.2) is 23.1 Å². The Balaban J connectivity index is 1.76. The summed E-state index contributed by atoms with van der Waals surface area (Å²) in [5.41, 5.74) is 1.02. The third kappa shape index (κ3) is 3.38. The molecule has 7 nitrogen and oxygen atoms in total. The van der Waals surface area contributed by atoms with Gasteiger partial charge in [-0.2, -0.15) is 8.75 Å². The molecule has 1 fully saturated rings. The van der Waals surface area contributed by atoms with E-state index in [9.17, 15) is 8.42 Å². The van der Waals surface area contributed by atoms with Gasteiger partial charge in [-0.25, -0.2) is 13.1 Å². The molecule has 1 aromatic heterocycles. The molecular weight excluding hydrogens is 312 g/mol. The minimum absolute atomic E-state index is 0.120. The van der Waals surface area contributed by atoms with E-state index in [0.29, 0.717) is 30.8 Å². The first-order valence-electron chi connectivity index (χ1n) is 6.66. The lowest BCUT2D eigenvalue weighted by Crippen LogP contribution is -2.35. The summed E-state index contributed by atoms with van der Waals surface area (Å²) in [5.74, 6) is 0.120. The number of hydrogen-bond acceptors (Lipinski definition) is 7. The lowest BCUT2D eigenvalue weighted by atomic mass is 10.2. The molecule has 114 valence electrons. The van der Waals surface area contributed by atoms with Crippen molar-refractivity contribution in [2.24, 2.45) is 5.92 Å². The third-order valence-electron chi connectivity index (χ3n) is 3.31. The van der Waals surface area contributed by atoms with Crippen molar-refractivity contribution < 1.29 is 13.2 Å². The maximum Gasteiger partial charge on any atom is 0.242 e. The Morgan fingerprint density at radius 2 is 2.33 bits per heavy atom. The second kappa shape index (κ2) is 6.32. The summed E-state index contributed by atoms with van der Waals surface area (Å²) < 4.78 is 41.1. The van der Waals surface area contributed by atoms with Gasteiger partial charge in [0.15, 0.2) is 0 Å². The molecule has 1 aromatic carbocycles. The lowest BCUT2D eigenvalue weighted by molar-refractivity contribution is 0.124. The molecule has 2 aromatic rings. The molecule has 1 aliphatic heterocycles. The first-order chi connectivity index (χ1) is 10.2. The van der Waals surface area contributed by atoms with E-state index in [1.807, 2.05) is 0 Å². The molecule has 0 aliphatic carbocycles. The standard InChI is InChI=1S/C12H16N4O3S2/c17-21(18,14-7-9-6-13-4-5-19-8-9)11-3-1-2-10-12(11)16-20-15-10/h1-3,9,13-14H,4-8H2/t9-/m0/s1. The zero-order valence-corrected chi connectivity index (χ0v) is 12.9. The zero-order valence-electron chi connectivity index (χ0n) is 11.3. The number of benzene rings is 1. The molecule has 0 spiro atoms. The van der Waals surface area contributed by atoms with Gasteiger partial charge < -0.3 is 10.1 Å². The van der Waals surface area contributed by atoms with E-state index in [-0.39, 0.29) is 10.8 Å². The van der Waals surface area contributed by atoms with Gasteiger partial charge in [0.1, 0.15) is 15.9 Å². The molecule has 1 atom stereocenters. The van der Waals surface area contributed by atoms with Gasteiger partial charge in [0, 0.05) is 25.6 Å². The highest BCUT2D eigenvalue weighted by Crippen LogP contribution is 2.20. The number of nitrogens with zero attached hydrogens (tertiary/aromatic N) is 2. The van der Waals surface area contributed by atoms with Gasteiger partial charge >= 0.3 is 0 Å². The van der Waals surface area contributed by atoms with Crippen molar-refractivity contribution in [2.75, 3.05) is 32.8 Å². The largest absolute Gasteiger partial charge is 0.380 e. The van der Waals surface area contributed by atoms with Crippen LogP contribution in [-0.4, -0.2) is 50.0 Å². The fourth-order valence-corrected chi connectivity index (χ4v) is 4.07. The number of rotatable bonds is 4. The average molecular weight is 328 g/mol. The molecule has 1 saturated heterocycles. The Morgan fingerprint density at radius 1 is 1.43 bits per heavy atom. The van der Waals surface area contributed by atoms with Crippen LogP contribution in [0, 0.1) is 5.92 Å². The normalized spacial score (nSPS) is 20.5. The van der Waals surface area contributed by atoms with E-state index in [2.05, 4.69) is 18.8 Å². The third-order valence-corrected chi connectivity index (χ3v) is 5.31. The van der Waals surface area contributed by atoms with Crippen molar-refractivity contribution in [2.45, 2.75) is 4.90 Å². The Kier molecular flexibility index (Phi) is 4.45. The molecule has 21 heavy (non-hydrogen) atoms. The highest BCUT2D eigenvalue weighted by atomic mass is 32.2. The van der Waals surface area contributed by atoms with Gasteiger partial charge in [-0.1, -0.05) is 6.07 Å². The minimum Gasteiger partial charge on any atom is -0.380 e. The van der Waals surface area contributed by atoms with Gasteiger partial charge in [-0.15, -0.1) is 0 Å². The summed E-state index contributed by atoms with van der Waals surface area (Å²) in [7, 11) is -3.60. The van der Waals surface area contributed by atoms with Crippen LogP contribution < -0.4 is 10.0 Å². The van der Waals surface area contributed by atoms with E-state index in [1.54, 1.807) is 18.2 Å². The molecule has 0 saturated carbocycles. The molecule has 1 aliphatic rings. The SMILES string of the molecule is O=S(=O)(NC[C@@H]1CNCCOC1)c1cccc2nsnc12. The summed E-state index contributed by atoms with van der Waals surface area (Å²) in [4.78, 5) is 0.177. The van der Waals surface area contributed by atoms with Crippen LogP contribution in [0.5, 0.6) is 0 Å². The van der Waals surface area contributed by atoms with Crippen molar-refractivity contribution in [3.63, 3.8) is 0 Å². The van der Waals surface area contributed by atoms with Gasteiger partial charge in [-0.3, -0.25) is 0 Å². The van der Waals surface area contributed by atoms with Crippen LogP contribution in [0.3, 0.4) is 0 Å². The second-order valence-electron chi connectivity index (χ2n) is 4.89. The molecule has 2 heterocycles. The molecule has 0 radical (unpaired) electrons. The lowest BCUT2D eigenvalue weighted by Gasteiger charge is -2.14. The molecule has 3 rings (SSSR count). The van der Waals surface area contributed by atoms with E-state index in [0.717, 1.165) is 24.8 Å². The van der Waals surface area contributed by atoms with E-state index >= 15 is 0 Å². The summed E-state index contributed by atoms with van der Waals surface area (Å²) in [6.45, 7) is 3.09. The fourth-order valence-electron chi connectivity index (χ4n) is 2.19. The van der Waals surface area contributed by atoms with Crippen LogP contribution in [0.1, 0.15) is 0 Å². The predicted molar refractivity (Wildman–Crippen MR) is 79.8 cm³/mol. The molecular formula is C12H16N4O3S2. The van der Waals surface area contributed by atoms with Gasteiger partial charge in [0.05, 0.1) is 24.9 Å². The molecule has 2 N–H and O–H groups in total. The van der Waals surface area contributed by atoms with Crippen molar-refractivity contribution in [1.82, 2.24) is 18.8 Å². The number of aromatic nitrogens is 2. The Morgan fingerprint density at radius 3 is 3.24 bits per heavy atom. The van der Waals surface area contributed by atoms with Crippen molar-refractivity contribution in [1.29, 1.82) is 0 Å². The zero-order chi connectivity index (χ0) is 14.7. The maximum atomic E-state index is 12.4. The van der Waals surface area contributed by atoms with Gasteiger partial charge in [0.2, 0.25) is 10.0 Å². The highest BCUT2D eigenvalue weighted by Gasteiger charge is 2.21. The van der Waals surface area contributed by atoms with Crippen molar-refractivity contribution in [3.8, 4) is 0 Å². The highest BCUT2D eigenvalue weighted by molar-refractivity contribution is 7.89. The number of nitrogens with one attached hydrogen (secondary N) is 2. The molecule has 0 unspecified atom stereocenters. The van der Waals surface area contributed by atoms with Gasteiger partial charge in [-0.05, 0) is 12.1 Å². The Bertz CT molecular complexity index is 708. The number of sulfonamides is 1. The van der Waals surface area contributed by atoms with Crippen LogP contribution in [-0.2, 0) is 14.8 Å². The number of ether oxygens (including phenoxy) is 1. The van der Waals surface area contributed by atoms with Crippen LogP contribution in [0.2, 0.25) is 0 Å². The monoisotopic (exact) mass is 328 g/mol. The maximum absolute atomic E-state index is 12.4.